The van der Waals surface area contributed by atoms with Gasteiger partial charge in [0.1, 0.15) is 6.10 Å². The first-order valence-electron chi connectivity index (χ1n) is 7.70. The molecular weight excluding hydrogens is 328 g/mol. The summed E-state index contributed by atoms with van der Waals surface area (Å²) >= 11 is 5.87. The number of anilines is 1. The van der Waals surface area contributed by atoms with Gasteiger partial charge in [-0.25, -0.2) is 4.79 Å². The van der Waals surface area contributed by atoms with Gasteiger partial charge in [0, 0.05) is 29.2 Å². The summed E-state index contributed by atoms with van der Waals surface area (Å²) in [6, 6.07) is 16.1. The van der Waals surface area contributed by atoms with Crippen molar-refractivity contribution < 1.29 is 14.3 Å². The third-order valence-electron chi connectivity index (χ3n) is 3.78. The largest absolute Gasteiger partial charge is 0.444 e. The molecule has 1 atom stereocenters. The predicted molar refractivity (Wildman–Crippen MR) is 92.5 cm³/mol. The average Bonchev–Trinajstić information content (AvgIpc) is 2.96. The number of carbonyl (C=O) groups excluding carboxylic acids is 2. The Bertz CT molecular complexity index is 736. The van der Waals surface area contributed by atoms with E-state index in [1.165, 1.54) is 0 Å². The number of amides is 2. The molecule has 0 saturated carbocycles. The van der Waals surface area contributed by atoms with Crippen LogP contribution in [0.4, 0.5) is 10.5 Å². The second-order valence-electron chi connectivity index (χ2n) is 5.51. The molecule has 5 nitrogen and oxygen atoms in total. The average molecular weight is 345 g/mol. The highest BCUT2D eigenvalue weighted by Gasteiger charge is 2.31. The Hall–Kier alpha value is -2.53. The molecule has 2 aromatic rings. The van der Waals surface area contributed by atoms with Gasteiger partial charge in [-0.2, -0.15) is 0 Å². The zero-order valence-corrected chi connectivity index (χ0v) is 13.7. The van der Waals surface area contributed by atoms with Gasteiger partial charge >= 0.3 is 6.09 Å². The van der Waals surface area contributed by atoms with Crippen molar-refractivity contribution in [2.24, 2.45) is 0 Å². The lowest BCUT2D eigenvalue weighted by Gasteiger charge is -2.12. The summed E-state index contributed by atoms with van der Waals surface area (Å²) in [5.74, 6) is -0.193. The molecule has 1 aliphatic heterocycles. The smallest absolute Gasteiger partial charge is 0.414 e. The van der Waals surface area contributed by atoms with E-state index in [1.807, 2.05) is 30.3 Å². The van der Waals surface area contributed by atoms with E-state index in [0.29, 0.717) is 30.1 Å². The highest BCUT2D eigenvalue weighted by atomic mass is 35.5. The van der Waals surface area contributed by atoms with Crippen LogP contribution in [0.25, 0.3) is 0 Å². The molecule has 0 bridgehead atoms. The van der Waals surface area contributed by atoms with Crippen LogP contribution in [-0.4, -0.2) is 31.2 Å². The fourth-order valence-electron chi connectivity index (χ4n) is 2.57. The Kier molecular flexibility index (Phi) is 5.01. The first kappa shape index (κ1) is 16.3. The van der Waals surface area contributed by atoms with Crippen molar-refractivity contribution in [3.8, 4) is 0 Å². The molecule has 1 heterocycles. The number of rotatable bonds is 5. The quantitative estimate of drug-likeness (QED) is 0.903. The van der Waals surface area contributed by atoms with Crippen LogP contribution in [0, 0.1) is 0 Å². The molecule has 1 fully saturated rings. The fourth-order valence-corrected chi connectivity index (χ4v) is 2.76. The van der Waals surface area contributed by atoms with Crippen molar-refractivity contribution in [3.63, 3.8) is 0 Å². The second kappa shape index (κ2) is 7.36. The maximum absolute atomic E-state index is 12.0. The Morgan fingerprint density at radius 2 is 2.00 bits per heavy atom. The molecule has 3 rings (SSSR count). The summed E-state index contributed by atoms with van der Waals surface area (Å²) in [4.78, 5) is 25.6. The lowest BCUT2D eigenvalue weighted by molar-refractivity contribution is 0.0944. The number of hydrogen-bond donors (Lipinski definition) is 1. The summed E-state index contributed by atoms with van der Waals surface area (Å²) in [5.41, 5.74) is 1.32. The van der Waals surface area contributed by atoms with E-state index in [9.17, 15) is 9.59 Å². The zero-order valence-electron chi connectivity index (χ0n) is 12.9. The van der Waals surface area contributed by atoms with Crippen molar-refractivity contribution in [1.29, 1.82) is 0 Å². The third-order valence-corrected chi connectivity index (χ3v) is 4.02. The minimum absolute atomic E-state index is 0.193. The number of carbonyl (C=O) groups is 2. The summed E-state index contributed by atoms with van der Waals surface area (Å²) in [7, 11) is 0. The van der Waals surface area contributed by atoms with Gasteiger partial charge in [0.05, 0.1) is 6.54 Å². The summed E-state index contributed by atoms with van der Waals surface area (Å²) in [6.45, 7) is 0.905. The number of nitrogens with one attached hydrogen (secondary N) is 1. The first-order valence-corrected chi connectivity index (χ1v) is 8.08. The molecule has 6 heteroatoms. The van der Waals surface area contributed by atoms with Crippen LogP contribution in [0.5, 0.6) is 0 Å². The number of halogens is 1. The molecule has 2 amide bonds. The molecular formula is C18H17ClN2O3. The standard InChI is InChI=1S/C18H17ClN2O3/c19-14-6-4-5-13(11-14)17(22)20-10-9-16-12-21(18(23)24-16)15-7-2-1-3-8-15/h1-8,11,16H,9-10,12H2,(H,20,22). The SMILES string of the molecule is O=C(NCCC1CN(c2ccccc2)C(=O)O1)c1cccc(Cl)c1. The van der Waals surface area contributed by atoms with Crippen LogP contribution in [0.1, 0.15) is 16.8 Å². The molecule has 124 valence electrons. The van der Waals surface area contributed by atoms with E-state index in [2.05, 4.69) is 5.32 Å². The molecule has 24 heavy (non-hydrogen) atoms. The van der Waals surface area contributed by atoms with E-state index in [0.717, 1.165) is 5.69 Å². The highest BCUT2D eigenvalue weighted by molar-refractivity contribution is 6.30. The third kappa shape index (κ3) is 3.86. The molecule has 0 radical (unpaired) electrons. The number of cyclic esters (lactones) is 1. The molecule has 0 spiro atoms. The molecule has 1 N–H and O–H groups in total. The zero-order chi connectivity index (χ0) is 16.9. The fraction of sp³-hybridized carbons (Fsp3) is 0.222. The van der Waals surface area contributed by atoms with Gasteiger partial charge in [-0.3, -0.25) is 9.69 Å². The number of ether oxygens (including phenoxy) is 1. The minimum atomic E-state index is -0.354. The molecule has 1 aliphatic rings. The summed E-state index contributed by atoms with van der Waals surface area (Å²) in [5, 5.41) is 3.33. The topological polar surface area (TPSA) is 58.6 Å². The van der Waals surface area contributed by atoms with Crippen molar-refractivity contribution in [3.05, 3.63) is 65.2 Å². The van der Waals surface area contributed by atoms with Gasteiger partial charge in [-0.15, -0.1) is 0 Å². The molecule has 1 saturated heterocycles. The van der Waals surface area contributed by atoms with Crippen LogP contribution in [0.3, 0.4) is 0 Å². The van der Waals surface area contributed by atoms with Crippen LogP contribution in [0.15, 0.2) is 54.6 Å². The van der Waals surface area contributed by atoms with Gasteiger partial charge < -0.3 is 10.1 Å². The van der Waals surface area contributed by atoms with Crippen LogP contribution < -0.4 is 10.2 Å². The van der Waals surface area contributed by atoms with Gasteiger partial charge in [-0.05, 0) is 30.3 Å². The Balaban J connectivity index is 1.49. The molecule has 0 aliphatic carbocycles. The van der Waals surface area contributed by atoms with E-state index < -0.39 is 0 Å². The summed E-state index contributed by atoms with van der Waals surface area (Å²) < 4.78 is 5.35. The van der Waals surface area contributed by atoms with Crippen molar-refractivity contribution in [2.75, 3.05) is 18.0 Å². The lowest BCUT2D eigenvalue weighted by Crippen LogP contribution is -2.29. The first-order chi connectivity index (χ1) is 11.6. The number of para-hydroxylation sites is 1. The van der Waals surface area contributed by atoms with Crippen LogP contribution in [0.2, 0.25) is 5.02 Å². The maximum atomic E-state index is 12.0. The number of nitrogens with zero attached hydrogens (tertiary/aromatic N) is 1. The van der Waals surface area contributed by atoms with Crippen molar-refractivity contribution in [1.82, 2.24) is 5.32 Å². The summed E-state index contributed by atoms with van der Waals surface area (Å²) in [6.07, 6.45) is -0.0359. The predicted octanol–water partition coefficient (Wildman–Crippen LogP) is 3.49. The Morgan fingerprint density at radius 1 is 1.21 bits per heavy atom. The Labute approximate surface area is 145 Å². The van der Waals surface area contributed by atoms with E-state index in [-0.39, 0.29) is 18.1 Å². The number of benzene rings is 2. The van der Waals surface area contributed by atoms with E-state index in [4.69, 9.17) is 16.3 Å². The molecule has 2 aromatic carbocycles. The lowest BCUT2D eigenvalue weighted by atomic mass is 10.2. The number of hydrogen-bond acceptors (Lipinski definition) is 3. The van der Waals surface area contributed by atoms with Gasteiger partial charge in [0.2, 0.25) is 0 Å². The minimum Gasteiger partial charge on any atom is -0.444 e. The normalized spacial score (nSPS) is 16.8. The second-order valence-corrected chi connectivity index (χ2v) is 5.94. The van der Waals surface area contributed by atoms with Gasteiger partial charge in [-0.1, -0.05) is 35.9 Å². The molecule has 1 unspecified atom stereocenters. The van der Waals surface area contributed by atoms with Crippen LogP contribution >= 0.6 is 11.6 Å². The van der Waals surface area contributed by atoms with Crippen molar-refractivity contribution >= 4 is 29.3 Å². The highest BCUT2D eigenvalue weighted by Crippen LogP contribution is 2.22. The Morgan fingerprint density at radius 3 is 2.75 bits per heavy atom. The van der Waals surface area contributed by atoms with E-state index >= 15 is 0 Å². The van der Waals surface area contributed by atoms with Gasteiger partial charge in [0.25, 0.3) is 5.91 Å². The monoisotopic (exact) mass is 344 g/mol. The van der Waals surface area contributed by atoms with Crippen molar-refractivity contribution in [2.45, 2.75) is 12.5 Å². The van der Waals surface area contributed by atoms with Crippen LogP contribution in [-0.2, 0) is 4.74 Å². The maximum Gasteiger partial charge on any atom is 0.414 e. The molecule has 0 aromatic heterocycles. The van der Waals surface area contributed by atoms with Gasteiger partial charge in [0.15, 0.2) is 0 Å². The van der Waals surface area contributed by atoms with E-state index in [1.54, 1.807) is 29.2 Å².